The van der Waals surface area contributed by atoms with Crippen molar-refractivity contribution < 1.29 is 19.0 Å². The van der Waals surface area contributed by atoms with E-state index in [1.54, 1.807) is 36.3 Å². The second-order valence-corrected chi connectivity index (χ2v) is 5.84. The van der Waals surface area contributed by atoms with Crippen LogP contribution < -0.4 is 14.4 Å². The Balaban J connectivity index is 1.62. The fraction of sp³-hybridized carbons (Fsp3) is 0.278. The lowest BCUT2D eigenvalue weighted by Crippen LogP contribution is -2.48. The Labute approximate surface area is 145 Å². The van der Waals surface area contributed by atoms with E-state index in [4.69, 9.17) is 25.8 Å². The van der Waals surface area contributed by atoms with Gasteiger partial charge >= 0.3 is 0 Å². The van der Waals surface area contributed by atoms with Crippen LogP contribution in [0.25, 0.3) is 0 Å². The molecule has 1 atom stereocenters. The molecule has 0 bridgehead atoms. The smallest absolute Gasteiger partial charge is 0.253 e. The first-order valence-electron chi connectivity index (χ1n) is 7.60. The summed E-state index contributed by atoms with van der Waals surface area (Å²) in [5, 5.41) is 0.660. The molecule has 5 nitrogen and oxygen atoms in total. The van der Waals surface area contributed by atoms with Crippen LogP contribution in [0.2, 0.25) is 5.02 Å². The van der Waals surface area contributed by atoms with E-state index in [2.05, 4.69) is 0 Å². The van der Waals surface area contributed by atoms with E-state index in [0.717, 1.165) is 17.2 Å². The molecule has 0 radical (unpaired) electrons. The first-order valence-corrected chi connectivity index (χ1v) is 7.98. The van der Waals surface area contributed by atoms with Gasteiger partial charge < -0.3 is 19.1 Å². The van der Waals surface area contributed by atoms with Gasteiger partial charge in [0.05, 0.1) is 13.7 Å². The first-order chi connectivity index (χ1) is 11.7. The molecular formula is C18H18ClNO4. The van der Waals surface area contributed by atoms with Crippen LogP contribution in [0.1, 0.15) is 0 Å². The molecule has 3 rings (SSSR count). The van der Waals surface area contributed by atoms with Crippen LogP contribution in [0, 0.1) is 0 Å². The van der Waals surface area contributed by atoms with E-state index in [9.17, 15) is 4.79 Å². The lowest BCUT2D eigenvalue weighted by atomic mass is 10.2. The zero-order chi connectivity index (χ0) is 16.9. The summed E-state index contributed by atoms with van der Waals surface area (Å²) in [4.78, 5) is 13.8. The number of amides is 1. The summed E-state index contributed by atoms with van der Waals surface area (Å²) in [6, 6.07) is 14.5. The molecule has 6 heteroatoms. The SMILES string of the molecule is COc1ccc(N2CC(COc3ccc(Cl)cc3)OCC2=O)cc1. The molecule has 2 aromatic rings. The van der Waals surface area contributed by atoms with Gasteiger partial charge in [-0.2, -0.15) is 0 Å². The molecule has 1 aliphatic heterocycles. The maximum absolute atomic E-state index is 12.1. The van der Waals surface area contributed by atoms with Crippen molar-refractivity contribution in [3.8, 4) is 11.5 Å². The molecule has 126 valence electrons. The first kappa shape index (κ1) is 16.6. The van der Waals surface area contributed by atoms with Gasteiger partial charge in [-0.3, -0.25) is 4.79 Å². The minimum absolute atomic E-state index is 0.0423. The number of nitrogens with zero attached hydrogens (tertiary/aromatic N) is 1. The summed E-state index contributed by atoms with van der Waals surface area (Å²) in [5.74, 6) is 1.40. The summed E-state index contributed by atoms with van der Waals surface area (Å²) in [5.41, 5.74) is 0.820. The van der Waals surface area contributed by atoms with Crippen molar-refractivity contribution in [2.75, 3.05) is 31.8 Å². The number of carbonyl (C=O) groups excluding carboxylic acids is 1. The summed E-state index contributed by atoms with van der Waals surface area (Å²) >= 11 is 5.85. The molecule has 0 aliphatic carbocycles. The molecule has 2 aromatic carbocycles. The minimum atomic E-state index is -0.194. The van der Waals surface area contributed by atoms with E-state index in [-0.39, 0.29) is 18.6 Å². The average molecular weight is 348 g/mol. The van der Waals surface area contributed by atoms with Crippen molar-refractivity contribution in [1.82, 2.24) is 0 Å². The van der Waals surface area contributed by atoms with Gasteiger partial charge in [-0.1, -0.05) is 11.6 Å². The van der Waals surface area contributed by atoms with Gasteiger partial charge in [0.1, 0.15) is 30.8 Å². The highest BCUT2D eigenvalue weighted by Gasteiger charge is 2.27. The van der Waals surface area contributed by atoms with Crippen molar-refractivity contribution in [2.45, 2.75) is 6.10 Å². The van der Waals surface area contributed by atoms with Crippen molar-refractivity contribution in [2.24, 2.45) is 0 Å². The molecule has 0 saturated carbocycles. The summed E-state index contributed by atoms with van der Waals surface area (Å²) in [6.45, 7) is 0.848. The van der Waals surface area contributed by atoms with Crippen molar-refractivity contribution >= 4 is 23.2 Å². The highest BCUT2D eigenvalue weighted by molar-refractivity contribution is 6.30. The Morgan fingerprint density at radius 3 is 2.46 bits per heavy atom. The van der Waals surface area contributed by atoms with Gasteiger partial charge in [0.15, 0.2) is 0 Å². The van der Waals surface area contributed by atoms with Crippen molar-refractivity contribution in [3.63, 3.8) is 0 Å². The van der Waals surface area contributed by atoms with Gasteiger partial charge in [0.25, 0.3) is 5.91 Å². The van der Waals surface area contributed by atoms with Crippen LogP contribution >= 0.6 is 11.6 Å². The normalized spacial score (nSPS) is 17.7. The van der Waals surface area contributed by atoms with Gasteiger partial charge in [-0.05, 0) is 48.5 Å². The van der Waals surface area contributed by atoms with Gasteiger partial charge in [0, 0.05) is 10.7 Å². The number of hydrogen-bond acceptors (Lipinski definition) is 4. The summed E-state index contributed by atoms with van der Waals surface area (Å²) in [6.07, 6.45) is -0.194. The second-order valence-electron chi connectivity index (χ2n) is 5.40. The number of anilines is 1. The number of rotatable bonds is 5. The van der Waals surface area contributed by atoms with Crippen molar-refractivity contribution in [3.05, 3.63) is 53.6 Å². The zero-order valence-corrected chi connectivity index (χ0v) is 14.0. The maximum atomic E-state index is 12.1. The lowest BCUT2D eigenvalue weighted by molar-refractivity contribution is -0.130. The third kappa shape index (κ3) is 3.99. The summed E-state index contributed by atoms with van der Waals surface area (Å²) < 4.78 is 16.4. The third-order valence-corrected chi connectivity index (χ3v) is 4.02. The highest BCUT2D eigenvalue weighted by atomic mass is 35.5. The van der Waals surface area contributed by atoms with Crippen LogP contribution in [0.15, 0.2) is 48.5 Å². The molecule has 1 saturated heterocycles. The van der Waals surface area contributed by atoms with Crippen LogP contribution in [-0.2, 0) is 9.53 Å². The predicted octanol–water partition coefficient (Wildman–Crippen LogP) is 3.16. The molecule has 1 heterocycles. The molecule has 24 heavy (non-hydrogen) atoms. The van der Waals surface area contributed by atoms with E-state index in [1.807, 2.05) is 24.3 Å². The topological polar surface area (TPSA) is 48.0 Å². The van der Waals surface area contributed by atoms with Crippen LogP contribution in [0.3, 0.4) is 0 Å². The number of morpholine rings is 1. The number of ether oxygens (including phenoxy) is 3. The number of methoxy groups -OCH3 is 1. The van der Waals surface area contributed by atoms with E-state index < -0.39 is 0 Å². The lowest BCUT2D eigenvalue weighted by Gasteiger charge is -2.32. The maximum Gasteiger partial charge on any atom is 0.253 e. The van der Waals surface area contributed by atoms with E-state index >= 15 is 0 Å². The van der Waals surface area contributed by atoms with Crippen molar-refractivity contribution in [1.29, 1.82) is 0 Å². The van der Waals surface area contributed by atoms with Gasteiger partial charge in [0.2, 0.25) is 0 Å². The standard InChI is InChI=1S/C18H18ClNO4/c1-22-15-8-4-14(5-9-15)20-10-17(24-12-18(20)21)11-23-16-6-2-13(19)3-7-16/h2-9,17H,10-12H2,1H3. The second kappa shape index (κ2) is 7.55. The van der Waals surface area contributed by atoms with E-state index in [1.165, 1.54) is 0 Å². The Kier molecular flexibility index (Phi) is 5.23. The molecular weight excluding hydrogens is 330 g/mol. The molecule has 1 fully saturated rings. The Morgan fingerprint density at radius 2 is 1.79 bits per heavy atom. The average Bonchev–Trinajstić information content (AvgIpc) is 2.62. The molecule has 0 N–H and O–H groups in total. The number of benzene rings is 2. The predicted molar refractivity (Wildman–Crippen MR) is 92.0 cm³/mol. The molecule has 1 amide bonds. The zero-order valence-electron chi connectivity index (χ0n) is 13.3. The number of hydrogen-bond donors (Lipinski definition) is 0. The Hall–Kier alpha value is -2.24. The van der Waals surface area contributed by atoms with E-state index in [0.29, 0.717) is 18.2 Å². The molecule has 0 aromatic heterocycles. The Bertz CT molecular complexity index is 687. The Morgan fingerprint density at radius 1 is 1.12 bits per heavy atom. The quantitative estimate of drug-likeness (QED) is 0.833. The number of halogens is 1. The summed E-state index contributed by atoms with van der Waals surface area (Å²) in [7, 11) is 1.61. The molecule has 0 spiro atoms. The third-order valence-electron chi connectivity index (χ3n) is 3.76. The fourth-order valence-corrected chi connectivity index (χ4v) is 2.58. The minimum Gasteiger partial charge on any atom is -0.497 e. The van der Waals surface area contributed by atoms with Crippen LogP contribution in [0.4, 0.5) is 5.69 Å². The fourth-order valence-electron chi connectivity index (χ4n) is 2.46. The van der Waals surface area contributed by atoms with Crippen LogP contribution in [0.5, 0.6) is 11.5 Å². The molecule has 1 aliphatic rings. The molecule has 1 unspecified atom stereocenters. The monoisotopic (exact) mass is 347 g/mol. The van der Waals surface area contributed by atoms with Gasteiger partial charge in [-0.15, -0.1) is 0 Å². The highest BCUT2D eigenvalue weighted by Crippen LogP contribution is 2.22. The largest absolute Gasteiger partial charge is 0.497 e. The number of carbonyl (C=O) groups is 1. The van der Waals surface area contributed by atoms with Gasteiger partial charge in [-0.25, -0.2) is 0 Å². The van der Waals surface area contributed by atoms with Crippen LogP contribution in [-0.4, -0.2) is 38.9 Å².